The second-order valence-corrected chi connectivity index (χ2v) is 15.0. The maximum Gasteiger partial charge on any atom is 0.257 e. The topological polar surface area (TPSA) is 63.1 Å². The third kappa shape index (κ3) is 3.69. The lowest BCUT2D eigenvalue weighted by atomic mass is 13.8. The van der Waals surface area contributed by atoms with Crippen LogP contribution in [0.15, 0.2) is 13.5 Å². The molecule has 0 saturated carbocycles. The van der Waals surface area contributed by atoms with Gasteiger partial charge in [-0.25, -0.2) is 0 Å². The molecule has 0 aromatic heterocycles. The number of rotatable bonds is 0. The molecular formula is H2Cl5N4P3. The van der Waals surface area contributed by atoms with Gasteiger partial charge < -0.3 is 0 Å². The van der Waals surface area contributed by atoms with E-state index in [4.69, 9.17) is 61.7 Å². The molecule has 12 heavy (non-hydrogen) atoms. The van der Waals surface area contributed by atoms with E-state index in [2.05, 4.69) is 13.5 Å². The molecule has 0 spiro atoms. The predicted molar refractivity (Wildman–Crippen MR) is 61.5 cm³/mol. The Morgan fingerprint density at radius 3 is 1.50 bits per heavy atom. The second kappa shape index (κ2) is 3.59. The minimum atomic E-state index is -2.90. The molecule has 1 atom stereocenters. The van der Waals surface area contributed by atoms with Crippen LogP contribution in [0.2, 0.25) is 0 Å². The molecule has 0 fully saturated rings. The molecule has 1 aliphatic rings. The van der Waals surface area contributed by atoms with Crippen LogP contribution in [-0.2, 0) is 0 Å². The van der Waals surface area contributed by atoms with Crippen LogP contribution in [0.1, 0.15) is 0 Å². The standard InChI is InChI=1S/Cl5H2N4P3/c1-10(2)7-11(3,4)9-12(5,6)8-10/h6H2. The van der Waals surface area contributed by atoms with E-state index in [0.29, 0.717) is 0 Å². The highest BCUT2D eigenvalue weighted by atomic mass is 35.9. The van der Waals surface area contributed by atoms with Crippen molar-refractivity contribution in [1.82, 2.24) is 0 Å². The van der Waals surface area contributed by atoms with E-state index in [-0.39, 0.29) is 0 Å². The molecule has 2 N–H and O–H groups in total. The summed E-state index contributed by atoms with van der Waals surface area (Å²) in [6.07, 6.45) is 0. The van der Waals surface area contributed by atoms with Crippen LogP contribution < -0.4 is 5.50 Å². The summed E-state index contributed by atoms with van der Waals surface area (Å²) in [5.41, 5.74) is 5.43. The number of hydrogen-bond acceptors (Lipinski definition) is 4. The van der Waals surface area contributed by atoms with E-state index < -0.39 is 18.5 Å². The Morgan fingerprint density at radius 2 is 1.17 bits per heavy atom. The monoisotopic (exact) mass is 326 g/mol. The van der Waals surface area contributed by atoms with Crippen LogP contribution in [0.25, 0.3) is 0 Å². The predicted octanol–water partition coefficient (Wildman–Crippen LogP) is 5.99. The van der Waals surface area contributed by atoms with Gasteiger partial charge in [-0.1, -0.05) is 0 Å². The molecule has 0 aromatic carbocycles. The van der Waals surface area contributed by atoms with Crippen molar-refractivity contribution in [2.24, 2.45) is 19.1 Å². The average Bonchev–Trinajstić information content (AvgIpc) is 1.44. The molecule has 0 bridgehead atoms. The van der Waals surface area contributed by atoms with Gasteiger partial charge in [-0.3, -0.25) is 5.50 Å². The maximum absolute atomic E-state index is 5.65. The van der Waals surface area contributed by atoms with Gasteiger partial charge in [-0.05, 0) is 56.2 Å². The van der Waals surface area contributed by atoms with Crippen molar-refractivity contribution in [2.45, 2.75) is 0 Å². The summed E-state index contributed by atoms with van der Waals surface area (Å²) in [7, 11) is 0. The fourth-order valence-corrected chi connectivity index (χ4v) is 16.8. The van der Waals surface area contributed by atoms with Crippen LogP contribution in [0.3, 0.4) is 0 Å². The van der Waals surface area contributed by atoms with Gasteiger partial charge in [0.1, 0.15) is 0 Å². The Hall–Kier alpha value is 2.10. The van der Waals surface area contributed by atoms with E-state index in [1.54, 1.807) is 0 Å². The highest BCUT2D eigenvalue weighted by molar-refractivity contribution is 8.22. The molecule has 0 amide bonds. The van der Waals surface area contributed by atoms with Crippen molar-refractivity contribution in [3.8, 4) is 0 Å². The second-order valence-electron chi connectivity index (χ2n) is 1.75. The van der Waals surface area contributed by atoms with Crippen LogP contribution in [0.5, 0.6) is 0 Å². The summed E-state index contributed by atoms with van der Waals surface area (Å²) in [5, 5.41) is 0. The van der Waals surface area contributed by atoms with Gasteiger partial charge in [0.05, 0.1) is 0 Å². The third-order valence-corrected chi connectivity index (χ3v) is 12.2. The SMILES string of the molecule is NP1(Cl)=NP(Cl)(Cl)=NP(Cl)(Cl)=N1. The summed E-state index contributed by atoms with van der Waals surface area (Å²) < 4.78 is 11.0. The normalized spacial score (nSPS) is 37.5. The zero-order valence-electron chi connectivity index (χ0n) is 5.15. The van der Waals surface area contributed by atoms with Crippen molar-refractivity contribution < 1.29 is 0 Å². The van der Waals surface area contributed by atoms with Gasteiger partial charge in [-0.15, -0.1) is 0 Å². The van der Waals surface area contributed by atoms with Crippen molar-refractivity contribution in [1.29, 1.82) is 0 Å². The molecule has 72 valence electrons. The summed E-state index contributed by atoms with van der Waals surface area (Å²) in [6.45, 7) is -2.88. The molecule has 0 saturated heterocycles. The van der Waals surface area contributed by atoms with E-state index in [1.807, 2.05) is 0 Å². The lowest BCUT2D eigenvalue weighted by molar-refractivity contribution is 1.71. The molecule has 12 heteroatoms. The first-order valence-corrected chi connectivity index (χ1v) is 12.0. The maximum atomic E-state index is 5.65. The number of hydrogen-bond donors (Lipinski definition) is 1. The summed E-state index contributed by atoms with van der Waals surface area (Å²) in [6, 6.07) is 0. The zero-order valence-corrected chi connectivity index (χ0v) is 11.6. The number of nitrogens with zero attached hydrogens (tertiary/aromatic N) is 3. The Labute approximate surface area is 93.4 Å². The van der Waals surface area contributed by atoms with Gasteiger partial charge in [-0.2, -0.15) is 13.5 Å². The quantitative estimate of drug-likeness (QED) is 0.545. The number of nitrogens with two attached hydrogens (primary N) is 1. The van der Waals surface area contributed by atoms with E-state index >= 15 is 0 Å². The molecule has 0 aromatic rings. The Bertz CT molecular complexity index is 275. The number of halogens is 5. The van der Waals surface area contributed by atoms with Gasteiger partial charge in [0.25, 0.3) is 11.8 Å². The zero-order chi connectivity index (χ0) is 9.62. The van der Waals surface area contributed by atoms with Crippen LogP contribution in [0.4, 0.5) is 0 Å². The van der Waals surface area contributed by atoms with Gasteiger partial charge >= 0.3 is 0 Å². The van der Waals surface area contributed by atoms with Gasteiger partial charge in [0.2, 0.25) is 6.71 Å². The van der Waals surface area contributed by atoms with Gasteiger partial charge in [0.15, 0.2) is 0 Å². The minimum absolute atomic E-state index is 2.88. The highest BCUT2D eigenvalue weighted by Crippen LogP contribution is 2.84. The summed E-state index contributed by atoms with van der Waals surface area (Å²) >= 11 is 28.2. The average molecular weight is 328 g/mol. The van der Waals surface area contributed by atoms with Crippen molar-refractivity contribution in [2.75, 3.05) is 0 Å². The molecule has 1 unspecified atom stereocenters. The lowest BCUT2D eigenvalue weighted by Crippen LogP contribution is -1.83. The van der Waals surface area contributed by atoms with Crippen molar-refractivity contribution in [3.63, 3.8) is 0 Å². The fraction of sp³-hybridized carbons (Fsp3) is 0. The first-order valence-electron chi connectivity index (χ1n) is 2.30. The Morgan fingerprint density at radius 1 is 0.750 bits per heavy atom. The third-order valence-electron chi connectivity index (χ3n) is 0.681. The molecule has 0 radical (unpaired) electrons. The lowest BCUT2D eigenvalue weighted by Gasteiger charge is -2.17. The smallest absolute Gasteiger partial charge is 0.257 e. The Balaban J connectivity index is 3.46. The molecule has 4 nitrogen and oxygen atoms in total. The highest BCUT2D eigenvalue weighted by Gasteiger charge is 2.29. The summed E-state index contributed by atoms with van der Waals surface area (Å²) in [4.78, 5) is 0. The fourth-order valence-electron chi connectivity index (χ4n) is 0.485. The molecule has 1 rings (SSSR count). The minimum Gasteiger partial charge on any atom is -0.267 e. The summed E-state index contributed by atoms with van der Waals surface area (Å²) in [5.74, 6) is -5.80. The van der Waals surface area contributed by atoms with Crippen LogP contribution in [-0.4, -0.2) is 0 Å². The molecule has 1 heterocycles. The van der Waals surface area contributed by atoms with E-state index in [1.165, 1.54) is 0 Å². The molecular weight excluding hydrogens is 326 g/mol. The molecule has 0 aliphatic carbocycles. The first-order chi connectivity index (χ1) is 5.12. The largest absolute Gasteiger partial charge is 0.267 e. The Kier molecular flexibility index (Phi) is 3.65. The van der Waals surface area contributed by atoms with Crippen molar-refractivity contribution in [3.05, 3.63) is 0 Å². The van der Waals surface area contributed by atoms with E-state index in [9.17, 15) is 0 Å². The van der Waals surface area contributed by atoms with E-state index in [0.717, 1.165) is 0 Å². The first kappa shape index (κ1) is 12.2. The van der Waals surface area contributed by atoms with Crippen LogP contribution in [0, 0.1) is 0 Å². The molecule has 1 aliphatic heterocycles. The van der Waals surface area contributed by atoms with Gasteiger partial charge in [0, 0.05) is 0 Å². The van der Waals surface area contributed by atoms with Crippen LogP contribution >= 0.6 is 74.7 Å². The van der Waals surface area contributed by atoms with Crippen molar-refractivity contribution >= 4 is 74.7 Å².